The van der Waals surface area contributed by atoms with Crippen LogP contribution in [0.3, 0.4) is 0 Å². The Balaban J connectivity index is 1.06. The highest BCUT2D eigenvalue weighted by Crippen LogP contribution is 2.43. The van der Waals surface area contributed by atoms with Crippen molar-refractivity contribution in [1.29, 1.82) is 0 Å². The third kappa shape index (κ3) is 4.50. The highest BCUT2D eigenvalue weighted by Gasteiger charge is 2.46. The van der Waals surface area contributed by atoms with Crippen LogP contribution >= 0.6 is 0 Å². The molecule has 6 nitrogen and oxygen atoms in total. The molecule has 1 N–H and O–H groups in total. The molecule has 3 aliphatic heterocycles. The molecule has 6 heteroatoms. The van der Waals surface area contributed by atoms with E-state index in [9.17, 15) is 4.79 Å². The van der Waals surface area contributed by atoms with Gasteiger partial charge in [-0.05, 0) is 31.2 Å². The molecule has 29 heavy (non-hydrogen) atoms. The molecule has 158 valence electrons. The van der Waals surface area contributed by atoms with Gasteiger partial charge in [0.1, 0.15) is 0 Å². The van der Waals surface area contributed by atoms with Crippen LogP contribution in [0.2, 0.25) is 0 Å². The zero-order chi connectivity index (χ0) is 19.7. The fourth-order valence-electron chi connectivity index (χ4n) is 5.27. The van der Waals surface area contributed by atoms with E-state index in [1.165, 1.54) is 12.0 Å². The van der Waals surface area contributed by atoms with Gasteiger partial charge in [0.05, 0.1) is 32.0 Å². The lowest BCUT2D eigenvalue weighted by atomic mass is 9.87. The minimum absolute atomic E-state index is 0.0211. The van der Waals surface area contributed by atoms with Crippen molar-refractivity contribution >= 4 is 5.91 Å². The molecule has 1 amide bonds. The molecular weight excluding hydrogens is 366 g/mol. The van der Waals surface area contributed by atoms with E-state index in [0.29, 0.717) is 37.8 Å². The Kier molecular flexibility index (Phi) is 5.61. The molecule has 3 saturated heterocycles. The SMILES string of the molecule is O=C(CN1CCC2(CC1)CC(N[C@@H]1C[C@H]1c1ccccc1)CO2)N1CCOCC1. The molecule has 4 fully saturated rings. The van der Waals surface area contributed by atoms with Gasteiger partial charge in [-0.25, -0.2) is 0 Å². The third-order valence-electron chi connectivity index (χ3n) is 7.17. The standard InChI is InChI=1S/C23H33N3O3/c27-22(26-10-12-28-13-11-26)16-25-8-6-23(7-9-25)15-19(17-29-23)24-21-14-20(21)18-4-2-1-3-5-18/h1-5,19-21,24H,6-17H2/t19?,20-,21+/m0/s1. The summed E-state index contributed by atoms with van der Waals surface area (Å²) in [5, 5.41) is 3.85. The zero-order valence-electron chi connectivity index (χ0n) is 17.2. The number of nitrogens with one attached hydrogen (secondary N) is 1. The van der Waals surface area contributed by atoms with Gasteiger partial charge in [0, 0.05) is 44.2 Å². The minimum atomic E-state index is 0.0211. The number of hydrogen-bond donors (Lipinski definition) is 1. The average Bonchev–Trinajstić information content (AvgIpc) is 3.43. The summed E-state index contributed by atoms with van der Waals surface area (Å²) in [6.45, 7) is 6.09. The van der Waals surface area contributed by atoms with Crippen LogP contribution in [0.1, 0.15) is 37.2 Å². The van der Waals surface area contributed by atoms with E-state index in [4.69, 9.17) is 9.47 Å². The Morgan fingerprint density at radius 2 is 1.86 bits per heavy atom. The van der Waals surface area contributed by atoms with Crippen LogP contribution in [0.25, 0.3) is 0 Å². The van der Waals surface area contributed by atoms with Gasteiger partial charge in [0.2, 0.25) is 5.91 Å². The van der Waals surface area contributed by atoms with Gasteiger partial charge in [-0.1, -0.05) is 30.3 Å². The van der Waals surface area contributed by atoms with Crippen LogP contribution in [0.5, 0.6) is 0 Å². The third-order valence-corrected chi connectivity index (χ3v) is 7.17. The largest absolute Gasteiger partial charge is 0.378 e. The summed E-state index contributed by atoms with van der Waals surface area (Å²) >= 11 is 0. The molecular formula is C23H33N3O3. The second-order valence-corrected chi connectivity index (χ2v) is 9.19. The average molecular weight is 400 g/mol. The maximum absolute atomic E-state index is 12.5. The molecule has 4 aliphatic rings. The molecule has 0 bridgehead atoms. The number of nitrogens with zero attached hydrogens (tertiary/aromatic N) is 2. The first-order valence-electron chi connectivity index (χ1n) is 11.2. The lowest BCUT2D eigenvalue weighted by Crippen LogP contribution is -2.50. The quantitative estimate of drug-likeness (QED) is 0.815. The highest BCUT2D eigenvalue weighted by atomic mass is 16.5. The second kappa shape index (κ2) is 8.34. The summed E-state index contributed by atoms with van der Waals surface area (Å²) in [6.07, 6.45) is 4.42. The van der Waals surface area contributed by atoms with Crippen molar-refractivity contribution in [2.24, 2.45) is 0 Å². The molecule has 1 spiro atoms. The minimum Gasteiger partial charge on any atom is -0.378 e. The van der Waals surface area contributed by atoms with E-state index in [-0.39, 0.29) is 11.5 Å². The predicted molar refractivity (Wildman–Crippen MR) is 111 cm³/mol. The van der Waals surface area contributed by atoms with Crippen molar-refractivity contribution < 1.29 is 14.3 Å². The van der Waals surface area contributed by atoms with E-state index in [0.717, 1.165) is 52.0 Å². The first kappa shape index (κ1) is 19.5. The Labute approximate surface area is 173 Å². The lowest BCUT2D eigenvalue weighted by Gasteiger charge is -2.39. The van der Waals surface area contributed by atoms with Crippen LogP contribution in [0.4, 0.5) is 0 Å². The summed E-state index contributed by atoms with van der Waals surface area (Å²) < 4.78 is 11.7. The van der Waals surface area contributed by atoms with Crippen LogP contribution in [-0.4, -0.2) is 85.9 Å². The Hall–Kier alpha value is -1.47. The molecule has 1 aliphatic carbocycles. The van der Waals surface area contributed by atoms with Gasteiger partial charge in [0.15, 0.2) is 0 Å². The number of benzene rings is 1. The molecule has 1 aromatic carbocycles. The number of carbonyl (C=O) groups is 1. The number of carbonyl (C=O) groups excluding carboxylic acids is 1. The number of morpholine rings is 1. The number of likely N-dealkylation sites (tertiary alicyclic amines) is 1. The molecule has 0 aromatic heterocycles. The summed E-state index contributed by atoms with van der Waals surface area (Å²) in [6, 6.07) is 11.9. The summed E-state index contributed by atoms with van der Waals surface area (Å²) in [5.41, 5.74) is 1.48. The van der Waals surface area contributed by atoms with Crippen LogP contribution in [0, 0.1) is 0 Å². The molecule has 3 atom stereocenters. The fraction of sp³-hybridized carbons (Fsp3) is 0.696. The Morgan fingerprint density at radius 1 is 1.10 bits per heavy atom. The molecule has 1 unspecified atom stereocenters. The van der Waals surface area contributed by atoms with E-state index in [2.05, 4.69) is 40.5 Å². The van der Waals surface area contributed by atoms with Crippen molar-refractivity contribution in [3.8, 4) is 0 Å². The number of amides is 1. The highest BCUT2D eigenvalue weighted by molar-refractivity contribution is 5.78. The van der Waals surface area contributed by atoms with Gasteiger partial charge in [-0.3, -0.25) is 9.69 Å². The lowest BCUT2D eigenvalue weighted by molar-refractivity contribution is -0.137. The number of piperidine rings is 1. The predicted octanol–water partition coefficient (Wildman–Crippen LogP) is 1.61. The zero-order valence-corrected chi connectivity index (χ0v) is 17.2. The Morgan fingerprint density at radius 3 is 2.62 bits per heavy atom. The van der Waals surface area contributed by atoms with E-state index in [1.807, 2.05) is 4.90 Å². The number of ether oxygens (including phenoxy) is 2. The molecule has 1 aromatic rings. The van der Waals surface area contributed by atoms with Crippen LogP contribution in [0.15, 0.2) is 30.3 Å². The first-order chi connectivity index (χ1) is 14.2. The number of hydrogen-bond acceptors (Lipinski definition) is 5. The summed E-state index contributed by atoms with van der Waals surface area (Å²) in [5.74, 6) is 0.914. The molecule has 3 heterocycles. The fourth-order valence-corrected chi connectivity index (χ4v) is 5.27. The van der Waals surface area contributed by atoms with Crippen molar-refractivity contribution in [3.05, 3.63) is 35.9 Å². The van der Waals surface area contributed by atoms with E-state index < -0.39 is 0 Å². The number of rotatable bonds is 5. The topological polar surface area (TPSA) is 54.0 Å². The first-order valence-corrected chi connectivity index (χ1v) is 11.2. The second-order valence-electron chi connectivity index (χ2n) is 9.19. The maximum atomic E-state index is 12.5. The van der Waals surface area contributed by atoms with Crippen molar-refractivity contribution in [1.82, 2.24) is 15.1 Å². The molecule has 1 saturated carbocycles. The van der Waals surface area contributed by atoms with Crippen molar-refractivity contribution in [2.75, 3.05) is 52.5 Å². The monoisotopic (exact) mass is 399 g/mol. The summed E-state index contributed by atoms with van der Waals surface area (Å²) in [7, 11) is 0. The summed E-state index contributed by atoms with van der Waals surface area (Å²) in [4.78, 5) is 16.7. The van der Waals surface area contributed by atoms with Crippen molar-refractivity contribution in [3.63, 3.8) is 0 Å². The Bertz CT molecular complexity index is 699. The van der Waals surface area contributed by atoms with Gasteiger partial charge in [-0.15, -0.1) is 0 Å². The van der Waals surface area contributed by atoms with Crippen LogP contribution < -0.4 is 5.32 Å². The maximum Gasteiger partial charge on any atom is 0.236 e. The normalized spacial score (nSPS) is 31.9. The van der Waals surface area contributed by atoms with Gasteiger partial charge in [0.25, 0.3) is 0 Å². The van der Waals surface area contributed by atoms with Gasteiger partial charge in [-0.2, -0.15) is 0 Å². The van der Waals surface area contributed by atoms with Crippen molar-refractivity contribution in [2.45, 2.75) is 49.3 Å². The van der Waals surface area contributed by atoms with Crippen LogP contribution in [-0.2, 0) is 14.3 Å². The van der Waals surface area contributed by atoms with Gasteiger partial charge < -0.3 is 19.7 Å². The van der Waals surface area contributed by atoms with E-state index >= 15 is 0 Å². The smallest absolute Gasteiger partial charge is 0.236 e. The van der Waals surface area contributed by atoms with Gasteiger partial charge >= 0.3 is 0 Å². The van der Waals surface area contributed by atoms with E-state index in [1.54, 1.807) is 0 Å². The molecule has 5 rings (SSSR count). The molecule has 0 radical (unpaired) electrons.